The number of nitriles is 1. The van der Waals surface area contributed by atoms with Gasteiger partial charge in [0.25, 0.3) is 11.8 Å². The summed E-state index contributed by atoms with van der Waals surface area (Å²) in [7, 11) is 0. The Kier molecular flexibility index (Phi) is 4.53. The average Bonchev–Trinajstić information content (AvgIpc) is 3.12. The van der Waals surface area contributed by atoms with Crippen LogP contribution in [0, 0.1) is 18.3 Å². The Bertz CT molecular complexity index is 1100. The van der Waals surface area contributed by atoms with Crippen molar-refractivity contribution < 1.29 is 14.0 Å². The van der Waals surface area contributed by atoms with Crippen molar-refractivity contribution in [3.05, 3.63) is 65.0 Å². The van der Waals surface area contributed by atoms with E-state index in [4.69, 9.17) is 9.68 Å². The predicted octanol–water partition coefficient (Wildman–Crippen LogP) is 2.61. The number of carbonyl (C=O) groups excluding carboxylic acids is 2. The Hall–Kier alpha value is -3.66. The van der Waals surface area contributed by atoms with Crippen molar-refractivity contribution in [3.63, 3.8) is 0 Å². The topological polar surface area (TPSA) is 90.4 Å². The van der Waals surface area contributed by atoms with Crippen LogP contribution in [0.3, 0.4) is 0 Å². The maximum absolute atomic E-state index is 12.8. The van der Waals surface area contributed by atoms with Gasteiger partial charge in [-0.1, -0.05) is 6.07 Å². The summed E-state index contributed by atoms with van der Waals surface area (Å²) in [5.41, 5.74) is 2.81. The second kappa shape index (κ2) is 7.16. The molecule has 1 aromatic heterocycles. The molecule has 0 bridgehead atoms. The van der Waals surface area contributed by atoms with Gasteiger partial charge in [0.05, 0.1) is 11.6 Å². The van der Waals surface area contributed by atoms with E-state index in [1.54, 1.807) is 59.2 Å². The maximum Gasteiger partial charge on any atom is 0.254 e. The molecule has 2 heterocycles. The third-order valence-electron chi connectivity index (χ3n) is 4.84. The zero-order valence-electron chi connectivity index (χ0n) is 15.4. The third kappa shape index (κ3) is 3.32. The number of nitrogens with zero attached hydrogens (tertiary/aromatic N) is 4. The zero-order valence-corrected chi connectivity index (χ0v) is 15.4. The molecule has 0 atom stereocenters. The molecule has 1 saturated heterocycles. The third-order valence-corrected chi connectivity index (χ3v) is 4.84. The molecule has 1 fully saturated rings. The molecule has 1 aliphatic heterocycles. The van der Waals surface area contributed by atoms with Crippen LogP contribution in [0.2, 0.25) is 0 Å². The quantitative estimate of drug-likeness (QED) is 0.688. The van der Waals surface area contributed by atoms with E-state index in [-0.39, 0.29) is 11.8 Å². The molecule has 0 radical (unpaired) electrons. The highest BCUT2D eigenvalue weighted by Crippen LogP contribution is 2.19. The first-order valence-corrected chi connectivity index (χ1v) is 9.01. The molecule has 0 aliphatic carbocycles. The average molecular weight is 374 g/mol. The summed E-state index contributed by atoms with van der Waals surface area (Å²) in [6.45, 7) is 3.58. The Morgan fingerprint density at radius 3 is 2.29 bits per heavy atom. The Morgan fingerprint density at radius 1 is 1.00 bits per heavy atom. The lowest BCUT2D eigenvalue weighted by Crippen LogP contribution is -2.50. The minimum absolute atomic E-state index is 0.0884. The summed E-state index contributed by atoms with van der Waals surface area (Å²) in [5.74, 6) is 0.351. The van der Waals surface area contributed by atoms with Gasteiger partial charge in [0, 0.05) is 44.2 Å². The van der Waals surface area contributed by atoms with Gasteiger partial charge in [0.2, 0.25) is 0 Å². The van der Waals surface area contributed by atoms with E-state index in [9.17, 15) is 9.59 Å². The van der Waals surface area contributed by atoms with Crippen LogP contribution >= 0.6 is 0 Å². The van der Waals surface area contributed by atoms with Gasteiger partial charge in [0.15, 0.2) is 11.5 Å². The highest BCUT2D eigenvalue weighted by atomic mass is 16.3. The summed E-state index contributed by atoms with van der Waals surface area (Å²) in [4.78, 5) is 33.1. The molecule has 28 heavy (non-hydrogen) atoms. The molecule has 0 N–H and O–H groups in total. The van der Waals surface area contributed by atoms with Gasteiger partial charge in [-0.15, -0.1) is 0 Å². The summed E-state index contributed by atoms with van der Waals surface area (Å²) >= 11 is 0. The molecule has 3 aromatic rings. The van der Waals surface area contributed by atoms with Crippen LogP contribution in [-0.2, 0) is 0 Å². The summed E-state index contributed by atoms with van der Waals surface area (Å²) in [6.07, 6.45) is 0. The van der Waals surface area contributed by atoms with E-state index in [1.807, 2.05) is 6.07 Å². The van der Waals surface area contributed by atoms with Crippen LogP contribution in [0.1, 0.15) is 32.2 Å². The Morgan fingerprint density at radius 2 is 1.64 bits per heavy atom. The number of hydrogen-bond acceptors (Lipinski definition) is 5. The lowest BCUT2D eigenvalue weighted by atomic mass is 10.1. The van der Waals surface area contributed by atoms with Gasteiger partial charge in [-0.3, -0.25) is 9.59 Å². The monoisotopic (exact) mass is 374 g/mol. The van der Waals surface area contributed by atoms with Crippen molar-refractivity contribution >= 4 is 22.9 Å². The number of fused-ring (bicyclic) bond motifs is 1. The number of rotatable bonds is 2. The number of oxazole rings is 1. The maximum atomic E-state index is 12.8. The molecular formula is C21H18N4O3. The molecule has 1 aliphatic rings. The molecule has 2 aromatic carbocycles. The highest BCUT2D eigenvalue weighted by Gasteiger charge is 2.26. The first-order valence-electron chi connectivity index (χ1n) is 9.01. The standard InChI is InChI=1S/C21H18N4O3/c1-14-23-18-6-5-17(12-19(18)28-14)21(27)25-9-7-24(8-10-25)20(26)16-4-2-3-15(11-16)13-22/h2-6,11-12H,7-10H2,1H3. The van der Waals surface area contributed by atoms with Crippen LogP contribution in [0.5, 0.6) is 0 Å². The van der Waals surface area contributed by atoms with Crippen molar-refractivity contribution in [2.45, 2.75) is 6.92 Å². The summed E-state index contributed by atoms with van der Waals surface area (Å²) in [5, 5.41) is 9.00. The fourth-order valence-electron chi connectivity index (χ4n) is 3.37. The van der Waals surface area contributed by atoms with Crippen molar-refractivity contribution in [3.8, 4) is 6.07 Å². The molecule has 7 nitrogen and oxygen atoms in total. The molecular weight excluding hydrogens is 356 g/mol. The van der Waals surface area contributed by atoms with Gasteiger partial charge < -0.3 is 14.2 Å². The van der Waals surface area contributed by atoms with Gasteiger partial charge >= 0.3 is 0 Å². The number of hydrogen-bond donors (Lipinski definition) is 0. The Labute approximate surface area is 161 Å². The molecule has 0 unspecified atom stereocenters. The van der Waals surface area contributed by atoms with Crippen LogP contribution in [0.4, 0.5) is 0 Å². The number of aromatic nitrogens is 1. The van der Waals surface area contributed by atoms with E-state index in [1.165, 1.54) is 0 Å². The molecule has 4 rings (SSSR count). The van der Waals surface area contributed by atoms with Gasteiger partial charge in [-0.05, 0) is 36.4 Å². The lowest BCUT2D eigenvalue weighted by Gasteiger charge is -2.34. The van der Waals surface area contributed by atoms with Gasteiger partial charge in [-0.2, -0.15) is 5.26 Å². The highest BCUT2D eigenvalue weighted by molar-refractivity contribution is 5.98. The minimum atomic E-state index is -0.122. The SMILES string of the molecule is Cc1nc2ccc(C(=O)N3CCN(C(=O)c4cccc(C#N)c4)CC3)cc2o1. The molecule has 0 spiro atoms. The van der Waals surface area contributed by atoms with Crippen molar-refractivity contribution in [1.29, 1.82) is 5.26 Å². The van der Waals surface area contributed by atoms with E-state index in [0.717, 1.165) is 5.52 Å². The van der Waals surface area contributed by atoms with Crippen molar-refractivity contribution in [2.75, 3.05) is 26.2 Å². The van der Waals surface area contributed by atoms with Gasteiger partial charge in [-0.25, -0.2) is 4.98 Å². The summed E-state index contributed by atoms with van der Waals surface area (Å²) in [6, 6.07) is 13.9. The number of aryl methyl sites for hydroxylation is 1. The van der Waals surface area contributed by atoms with Crippen molar-refractivity contribution in [1.82, 2.24) is 14.8 Å². The molecule has 7 heteroatoms. The molecule has 140 valence electrons. The summed E-state index contributed by atoms with van der Waals surface area (Å²) < 4.78 is 5.50. The van der Waals surface area contributed by atoms with Crippen LogP contribution in [0.15, 0.2) is 46.9 Å². The van der Waals surface area contributed by atoms with E-state index >= 15 is 0 Å². The van der Waals surface area contributed by atoms with E-state index in [0.29, 0.717) is 54.3 Å². The first kappa shape index (κ1) is 17.7. The Balaban J connectivity index is 1.43. The van der Waals surface area contributed by atoms with E-state index < -0.39 is 0 Å². The fraction of sp³-hybridized carbons (Fsp3) is 0.238. The zero-order chi connectivity index (χ0) is 19.7. The fourth-order valence-corrected chi connectivity index (χ4v) is 3.37. The van der Waals surface area contributed by atoms with E-state index in [2.05, 4.69) is 4.98 Å². The normalized spacial score (nSPS) is 14.1. The number of carbonyl (C=O) groups is 2. The van der Waals surface area contributed by atoms with Crippen LogP contribution < -0.4 is 0 Å². The molecule has 2 amide bonds. The predicted molar refractivity (Wildman–Crippen MR) is 102 cm³/mol. The number of benzene rings is 2. The van der Waals surface area contributed by atoms with Crippen LogP contribution in [0.25, 0.3) is 11.1 Å². The lowest BCUT2D eigenvalue weighted by molar-refractivity contribution is 0.0535. The second-order valence-corrected chi connectivity index (χ2v) is 6.69. The first-order chi connectivity index (χ1) is 13.5. The second-order valence-electron chi connectivity index (χ2n) is 6.69. The number of piperazine rings is 1. The van der Waals surface area contributed by atoms with Crippen molar-refractivity contribution in [2.24, 2.45) is 0 Å². The van der Waals surface area contributed by atoms with Gasteiger partial charge in [0.1, 0.15) is 5.52 Å². The number of amides is 2. The van der Waals surface area contributed by atoms with Crippen LogP contribution in [-0.4, -0.2) is 52.8 Å². The smallest absolute Gasteiger partial charge is 0.254 e. The largest absolute Gasteiger partial charge is 0.441 e. The minimum Gasteiger partial charge on any atom is -0.441 e. The molecule has 0 saturated carbocycles.